The summed E-state index contributed by atoms with van der Waals surface area (Å²) in [5.41, 5.74) is -0.0600. The lowest BCUT2D eigenvalue weighted by atomic mass is 10.1. The van der Waals surface area contributed by atoms with Crippen molar-refractivity contribution < 1.29 is 9.21 Å². The zero-order chi connectivity index (χ0) is 15.8. The van der Waals surface area contributed by atoms with Crippen LogP contribution in [0.5, 0.6) is 0 Å². The van der Waals surface area contributed by atoms with Gasteiger partial charge >= 0.3 is 0 Å². The van der Waals surface area contributed by atoms with E-state index in [-0.39, 0.29) is 16.8 Å². The lowest BCUT2D eigenvalue weighted by molar-refractivity contribution is 0.104. The van der Waals surface area contributed by atoms with Gasteiger partial charge in [-0.1, -0.05) is 18.2 Å². The van der Waals surface area contributed by atoms with Crippen LogP contribution in [0.25, 0.3) is 20.7 Å². The standard InChI is InChI=1S/C18H10O3S2/c19-16-11-5-1-2-7-13(11)23-18(12-6-3-9-21-12)15(16)17(20)14-8-4-10-22-14/h1-10H. The van der Waals surface area contributed by atoms with Gasteiger partial charge in [0, 0.05) is 10.1 Å². The van der Waals surface area contributed by atoms with Crippen LogP contribution >= 0.6 is 22.7 Å². The molecule has 0 aliphatic carbocycles. The minimum absolute atomic E-state index is 0.186. The second-order valence-corrected chi connectivity index (χ2v) is 6.92. The molecule has 0 bridgehead atoms. The van der Waals surface area contributed by atoms with E-state index < -0.39 is 0 Å². The number of fused-ring (bicyclic) bond motifs is 1. The molecule has 3 heterocycles. The molecule has 0 aliphatic heterocycles. The van der Waals surface area contributed by atoms with Crippen molar-refractivity contribution in [3.05, 3.63) is 80.8 Å². The van der Waals surface area contributed by atoms with E-state index in [2.05, 4.69) is 0 Å². The average Bonchev–Trinajstić information content (AvgIpc) is 3.28. The highest BCUT2D eigenvalue weighted by Crippen LogP contribution is 2.33. The maximum Gasteiger partial charge on any atom is 0.208 e. The van der Waals surface area contributed by atoms with Crippen molar-refractivity contribution in [2.45, 2.75) is 0 Å². The van der Waals surface area contributed by atoms with Crippen molar-refractivity contribution in [1.82, 2.24) is 0 Å². The highest BCUT2D eigenvalue weighted by atomic mass is 32.1. The fraction of sp³-hybridized carbons (Fsp3) is 0. The van der Waals surface area contributed by atoms with E-state index in [0.717, 1.165) is 4.70 Å². The monoisotopic (exact) mass is 338 g/mol. The van der Waals surface area contributed by atoms with Crippen molar-refractivity contribution in [3.63, 3.8) is 0 Å². The number of ketones is 1. The maximum absolute atomic E-state index is 12.9. The average molecular weight is 338 g/mol. The van der Waals surface area contributed by atoms with E-state index in [1.54, 1.807) is 36.6 Å². The van der Waals surface area contributed by atoms with E-state index in [9.17, 15) is 9.59 Å². The molecule has 23 heavy (non-hydrogen) atoms. The molecule has 0 amide bonds. The van der Waals surface area contributed by atoms with Crippen molar-refractivity contribution in [2.75, 3.05) is 0 Å². The van der Waals surface area contributed by atoms with Crippen LogP contribution in [-0.2, 0) is 0 Å². The summed E-state index contributed by atoms with van der Waals surface area (Å²) in [5.74, 6) is 0.288. The van der Waals surface area contributed by atoms with Crippen LogP contribution in [0.3, 0.4) is 0 Å². The molecule has 0 spiro atoms. The zero-order valence-corrected chi connectivity index (χ0v) is 13.4. The first-order valence-electron chi connectivity index (χ1n) is 6.93. The van der Waals surface area contributed by atoms with Gasteiger partial charge < -0.3 is 4.42 Å². The zero-order valence-electron chi connectivity index (χ0n) is 11.8. The lowest BCUT2D eigenvalue weighted by Crippen LogP contribution is -2.16. The van der Waals surface area contributed by atoms with E-state index in [0.29, 0.717) is 20.9 Å². The summed E-state index contributed by atoms with van der Waals surface area (Å²) in [6.07, 6.45) is 1.54. The third kappa shape index (κ3) is 2.34. The van der Waals surface area contributed by atoms with Gasteiger partial charge in [0.1, 0.15) is 5.76 Å². The minimum atomic E-state index is -0.251. The number of carbonyl (C=O) groups excluding carboxylic acids is 1. The largest absolute Gasteiger partial charge is 0.463 e. The molecule has 0 aliphatic rings. The highest BCUT2D eigenvalue weighted by molar-refractivity contribution is 7.22. The van der Waals surface area contributed by atoms with Crippen LogP contribution < -0.4 is 5.43 Å². The Balaban J connectivity index is 2.08. The number of hydrogen-bond acceptors (Lipinski definition) is 5. The van der Waals surface area contributed by atoms with Crippen LogP contribution in [-0.4, -0.2) is 5.78 Å². The molecule has 0 radical (unpaired) electrons. The first-order chi connectivity index (χ1) is 11.3. The van der Waals surface area contributed by atoms with E-state index in [4.69, 9.17) is 4.42 Å². The molecule has 3 nitrogen and oxygen atoms in total. The van der Waals surface area contributed by atoms with Gasteiger partial charge in [0.2, 0.25) is 5.78 Å². The Morgan fingerprint density at radius 3 is 2.61 bits per heavy atom. The van der Waals surface area contributed by atoms with Crippen LogP contribution in [0.1, 0.15) is 15.2 Å². The van der Waals surface area contributed by atoms with E-state index in [1.807, 2.05) is 23.6 Å². The summed E-state index contributed by atoms with van der Waals surface area (Å²) < 4.78 is 6.29. The summed E-state index contributed by atoms with van der Waals surface area (Å²) in [4.78, 5) is 26.9. The quantitative estimate of drug-likeness (QED) is 0.503. The Kier molecular flexibility index (Phi) is 3.44. The first-order valence-corrected chi connectivity index (χ1v) is 8.63. The Hall–Kier alpha value is -2.50. The molecular weight excluding hydrogens is 328 g/mol. The molecule has 0 saturated carbocycles. The normalized spacial score (nSPS) is 11.0. The summed E-state index contributed by atoms with van der Waals surface area (Å²) in [6, 6.07) is 14.4. The van der Waals surface area contributed by atoms with Crippen molar-refractivity contribution >= 4 is 38.5 Å². The number of benzene rings is 1. The molecule has 1 aromatic carbocycles. The lowest BCUT2D eigenvalue weighted by Gasteiger charge is -2.06. The topological polar surface area (TPSA) is 47.3 Å². The smallest absolute Gasteiger partial charge is 0.208 e. The second kappa shape index (κ2) is 5.61. The molecule has 5 heteroatoms. The number of carbonyl (C=O) groups is 1. The van der Waals surface area contributed by atoms with Gasteiger partial charge in [-0.2, -0.15) is 0 Å². The predicted molar refractivity (Wildman–Crippen MR) is 93.5 cm³/mol. The van der Waals surface area contributed by atoms with Gasteiger partial charge in [-0.25, -0.2) is 0 Å². The summed E-state index contributed by atoms with van der Waals surface area (Å²) in [7, 11) is 0. The fourth-order valence-electron chi connectivity index (χ4n) is 2.46. The summed E-state index contributed by atoms with van der Waals surface area (Å²) >= 11 is 2.73. The van der Waals surface area contributed by atoms with Gasteiger partial charge in [-0.15, -0.1) is 22.7 Å². The van der Waals surface area contributed by atoms with Gasteiger partial charge in [0.15, 0.2) is 5.43 Å². The number of hydrogen-bond donors (Lipinski definition) is 0. The van der Waals surface area contributed by atoms with Gasteiger partial charge in [-0.3, -0.25) is 9.59 Å². The van der Waals surface area contributed by atoms with Crippen molar-refractivity contribution in [3.8, 4) is 10.6 Å². The maximum atomic E-state index is 12.9. The van der Waals surface area contributed by atoms with Crippen molar-refractivity contribution in [2.24, 2.45) is 0 Å². The van der Waals surface area contributed by atoms with Crippen LogP contribution in [0.15, 0.2) is 69.4 Å². The summed E-state index contributed by atoms with van der Waals surface area (Å²) in [5, 5.41) is 2.39. The molecule has 0 fully saturated rings. The van der Waals surface area contributed by atoms with Crippen molar-refractivity contribution in [1.29, 1.82) is 0 Å². The number of furan rings is 1. The third-order valence-corrected chi connectivity index (χ3v) is 5.57. The molecule has 3 aromatic heterocycles. The third-order valence-electron chi connectivity index (χ3n) is 3.51. The number of rotatable bonds is 3. The van der Waals surface area contributed by atoms with Crippen LogP contribution in [0.4, 0.5) is 0 Å². The second-order valence-electron chi connectivity index (χ2n) is 4.92. The molecule has 4 aromatic rings. The van der Waals surface area contributed by atoms with Gasteiger partial charge in [0.25, 0.3) is 0 Å². The van der Waals surface area contributed by atoms with Gasteiger partial charge in [0.05, 0.1) is 21.6 Å². The minimum Gasteiger partial charge on any atom is -0.463 e. The first kappa shape index (κ1) is 14.1. The molecule has 0 unspecified atom stereocenters. The Bertz CT molecular complexity index is 1040. The summed E-state index contributed by atoms with van der Waals surface area (Å²) in [6.45, 7) is 0. The molecule has 0 N–H and O–H groups in total. The van der Waals surface area contributed by atoms with E-state index in [1.165, 1.54) is 22.7 Å². The van der Waals surface area contributed by atoms with Gasteiger partial charge in [-0.05, 0) is 35.7 Å². The molecule has 4 rings (SSSR count). The van der Waals surface area contributed by atoms with E-state index >= 15 is 0 Å². The predicted octanol–water partition coefficient (Wildman–Crippen LogP) is 4.81. The Morgan fingerprint density at radius 2 is 1.87 bits per heavy atom. The molecule has 0 saturated heterocycles. The fourth-order valence-corrected chi connectivity index (χ4v) is 4.27. The Morgan fingerprint density at radius 1 is 1.00 bits per heavy atom. The SMILES string of the molecule is O=C(c1cccs1)c1c(-c2ccco2)sc2ccccc2c1=O. The highest BCUT2D eigenvalue weighted by Gasteiger charge is 2.23. The molecular formula is C18H10O3S2. The van der Waals surface area contributed by atoms with Crippen LogP contribution in [0.2, 0.25) is 0 Å². The Labute approximate surface area is 139 Å². The van der Waals surface area contributed by atoms with Crippen LogP contribution in [0, 0.1) is 0 Å². The molecule has 0 atom stereocenters. The molecule has 112 valence electrons. The number of thiophene rings is 1.